The molecule has 1 aromatic rings. The van der Waals surface area contributed by atoms with E-state index in [1.54, 1.807) is 6.92 Å². The molecule has 1 fully saturated rings. The number of ether oxygens (including phenoxy) is 1. The summed E-state index contributed by atoms with van der Waals surface area (Å²) in [7, 11) is 0. The highest BCUT2D eigenvalue weighted by atomic mass is 16.5. The van der Waals surface area contributed by atoms with Gasteiger partial charge in [0, 0.05) is 19.0 Å². The number of urea groups is 1. The monoisotopic (exact) mass is 334 g/mol. The molecule has 0 spiro atoms. The molecule has 24 heavy (non-hydrogen) atoms. The van der Waals surface area contributed by atoms with Gasteiger partial charge >= 0.3 is 6.03 Å². The Hall–Kier alpha value is -1.59. The number of aliphatic hydroxyl groups is 1. The third kappa shape index (κ3) is 5.21. The molecule has 1 aliphatic heterocycles. The first-order chi connectivity index (χ1) is 11.4. The molecule has 1 aliphatic rings. The third-order valence-electron chi connectivity index (χ3n) is 4.77. The predicted octanol–water partition coefficient (Wildman–Crippen LogP) is 2.75. The van der Waals surface area contributed by atoms with Gasteiger partial charge in [0.15, 0.2) is 0 Å². The van der Waals surface area contributed by atoms with Crippen LogP contribution in [0.2, 0.25) is 0 Å². The molecule has 0 aromatic heterocycles. The third-order valence-corrected chi connectivity index (χ3v) is 4.77. The quantitative estimate of drug-likeness (QED) is 0.841. The van der Waals surface area contributed by atoms with Crippen molar-refractivity contribution in [3.63, 3.8) is 0 Å². The topological polar surface area (TPSA) is 61.8 Å². The Balaban J connectivity index is 1.94. The van der Waals surface area contributed by atoms with Crippen LogP contribution in [0, 0.1) is 0 Å². The Kier molecular flexibility index (Phi) is 6.63. The summed E-state index contributed by atoms with van der Waals surface area (Å²) in [6.07, 6.45) is 1.10. The molecule has 0 aliphatic carbocycles. The fourth-order valence-corrected chi connectivity index (χ4v) is 3.11. The van der Waals surface area contributed by atoms with Crippen molar-refractivity contribution in [1.29, 1.82) is 0 Å². The molecular formula is C19H30N2O3. The molecule has 0 unspecified atom stereocenters. The molecule has 1 heterocycles. The van der Waals surface area contributed by atoms with Crippen molar-refractivity contribution < 1.29 is 14.6 Å². The van der Waals surface area contributed by atoms with Crippen LogP contribution in [0.4, 0.5) is 4.79 Å². The number of nitrogens with one attached hydrogen (secondary N) is 1. The molecule has 3 atom stereocenters. The van der Waals surface area contributed by atoms with Crippen molar-refractivity contribution in [2.75, 3.05) is 26.2 Å². The van der Waals surface area contributed by atoms with Gasteiger partial charge in [0.05, 0.1) is 24.9 Å². The minimum atomic E-state index is -0.404. The summed E-state index contributed by atoms with van der Waals surface area (Å²) in [6, 6.07) is 9.98. The number of rotatable bonds is 6. The highest BCUT2D eigenvalue weighted by Crippen LogP contribution is 2.22. The van der Waals surface area contributed by atoms with E-state index in [1.807, 2.05) is 42.2 Å². The Morgan fingerprint density at radius 2 is 2.12 bits per heavy atom. The van der Waals surface area contributed by atoms with Gasteiger partial charge in [-0.1, -0.05) is 37.3 Å². The molecule has 1 saturated heterocycles. The van der Waals surface area contributed by atoms with E-state index < -0.39 is 6.10 Å². The number of nitrogens with zero attached hydrogens (tertiary/aromatic N) is 1. The van der Waals surface area contributed by atoms with Crippen LogP contribution in [0.1, 0.15) is 45.1 Å². The first-order valence-electron chi connectivity index (χ1n) is 8.83. The van der Waals surface area contributed by atoms with Gasteiger partial charge in [-0.25, -0.2) is 4.79 Å². The van der Waals surface area contributed by atoms with Crippen LogP contribution >= 0.6 is 0 Å². The summed E-state index contributed by atoms with van der Waals surface area (Å²) in [5.41, 5.74) is 0.882. The second-order valence-electron chi connectivity index (χ2n) is 6.95. The Morgan fingerprint density at radius 1 is 1.42 bits per heavy atom. The molecule has 134 valence electrons. The van der Waals surface area contributed by atoms with Gasteiger partial charge in [0.1, 0.15) is 0 Å². The van der Waals surface area contributed by atoms with Gasteiger partial charge in [-0.3, -0.25) is 0 Å². The zero-order valence-electron chi connectivity index (χ0n) is 15.0. The standard InChI is InChI=1S/C19H30N2O3/c1-4-19(3)14-21(10-11-24-19)18(23)20-13-17(12-15(2)22)16-8-6-5-7-9-16/h5-9,15,17,22H,4,10-14H2,1-3H3,(H,20,23)/t15-,17-,19-/m1/s1. The van der Waals surface area contributed by atoms with E-state index in [0.717, 1.165) is 12.0 Å². The average Bonchev–Trinajstić information content (AvgIpc) is 2.59. The average molecular weight is 334 g/mol. The normalized spacial score (nSPS) is 23.6. The smallest absolute Gasteiger partial charge is 0.317 e. The summed E-state index contributed by atoms with van der Waals surface area (Å²) in [5, 5.41) is 12.8. The Bertz CT molecular complexity index is 521. The summed E-state index contributed by atoms with van der Waals surface area (Å²) in [4.78, 5) is 14.4. The molecule has 0 bridgehead atoms. The zero-order chi connectivity index (χ0) is 17.6. The minimum absolute atomic E-state index is 0.0514. The van der Waals surface area contributed by atoms with Gasteiger partial charge < -0.3 is 20.1 Å². The first kappa shape index (κ1) is 18.7. The maximum atomic E-state index is 12.5. The Labute approximate surface area is 145 Å². The lowest BCUT2D eigenvalue weighted by Crippen LogP contribution is -2.54. The van der Waals surface area contributed by atoms with Crippen LogP contribution in [0.15, 0.2) is 30.3 Å². The summed E-state index contributed by atoms with van der Waals surface area (Å²) < 4.78 is 5.79. The maximum absolute atomic E-state index is 12.5. The number of aliphatic hydroxyl groups excluding tert-OH is 1. The van der Waals surface area contributed by atoms with Gasteiger partial charge in [0.25, 0.3) is 0 Å². The summed E-state index contributed by atoms with van der Waals surface area (Å²) in [5.74, 6) is 0.105. The van der Waals surface area contributed by atoms with Crippen LogP contribution in [0.25, 0.3) is 0 Å². The lowest BCUT2D eigenvalue weighted by Gasteiger charge is -2.40. The van der Waals surface area contributed by atoms with Gasteiger partial charge in [-0.05, 0) is 32.3 Å². The largest absolute Gasteiger partial charge is 0.393 e. The van der Waals surface area contributed by atoms with Crippen LogP contribution in [-0.4, -0.2) is 54.0 Å². The Morgan fingerprint density at radius 3 is 2.75 bits per heavy atom. The minimum Gasteiger partial charge on any atom is -0.393 e. The van der Waals surface area contributed by atoms with Crippen molar-refractivity contribution in [1.82, 2.24) is 10.2 Å². The number of carbonyl (C=O) groups is 1. The van der Waals surface area contributed by atoms with E-state index >= 15 is 0 Å². The van der Waals surface area contributed by atoms with E-state index in [1.165, 1.54) is 0 Å². The molecule has 2 amide bonds. The van der Waals surface area contributed by atoms with E-state index in [-0.39, 0.29) is 17.6 Å². The van der Waals surface area contributed by atoms with Crippen molar-refractivity contribution in [2.24, 2.45) is 0 Å². The number of amides is 2. The van der Waals surface area contributed by atoms with E-state index in [2.05, 4.69) is 12.2 Å². The number of hydrogen-bond donors (Lipinski definition) is 2. The number of benzene rings is 1. The lowest BCUT2D eigenvalue weighted by molar-refractivity contribution is -0.0872. The molecule has 2 rings (SSSR count). The van der Waals surface area contributed by atoms with E-state index in [4.69, 9.17) is 4.74 Å². The van der Waals surface area contributed by atoms with Crippen LogP contribution in [-0.2, 0) is 4.74 Å². The highest BCUT2D eigenvalue weighted by molar-refractivity contribution is 5.74. The van der Waals surface area contributed by atoms with Gasteiger partial charge in [-0.2, -0.15) is 0 Å². The van der Waals surface area contributed by atoms with Crippen LogP contribution < -0.4 is 5.32 Å². The van der Waals surface area contributed by atoms with Crippen molar-refractivity contribution >= 4 is 6.03 Å². The molecule has 2 N–H and O–H groups in total. The molecular weight excluding hydrogens is 304 g/mol. The zero-order valence-corrected chi connectivity index (χ0v) is 15.0. The lowest BCUT2D eigenvalue weighted by atomic mass is 9.93. The second-order valence-corrected chi connectivity index (χ2v) is 6.95. The van der Waals surface area contributed by atoms with Crippen LogP contribution in [0.3, 0.4) is 0 Å². The molecule has 5 heteroatoms. The molecule has 0 radical (unpaired) electrons. The summed E-state index contributed by atoms with van der Waals surface area (Å²) in [6.45, 7) is 8.24. The molecule has 5 nitrogen and oxygen atoms in total. The van der Waals surface area contributed by atoms with Gasteiger partial charge in [-0.15, -0.1) is 0 Å². The fourth-order valence-electron chi connectivity index (χ4n) is 3.11. The SMILES string of the molecule is CC[C@]1(C)CN(C(=O)NC[C@@H](C[C@@H](C)O)c2ccccc2)CCO1. The number of hydrogen-bond acceptors (Lipinski definition) is 3. The van der Waals surface area contributed by atoms with Crippen LogP contribution in [0.5, 0.6) is 0 Å². The van der Waals surface area contributed by atoms with Crippen molar-refractivity contribution in [2.45, 2.75) is 51.2 Å². The van der Waals surface area contributed by atoms with E-state index in [0.29, 0.717) is 32.7 Å². The predicted molar refractivity (Wildman–Crippen MR) is 95.1 cm³/mol. The van der Waals surface area contributed by atoms with Crippen molar-refractivity contribution in [3.05, 3.63) is 35.9 Å². The molecule has 1 aromatic carbocycles. The first-order valence-corrected chi connectivity index (χ1v) is 8.83. The highest BCUT2D eigenvalue weighted by Gasteiger charge is 2.32. The number of morpholine rings is 1. The van der Waals surface area contributed by atoms with Crippen molar-refractivity contribution in [3.8, 4) is 0 Å². The molecule has 0 saturated carbocycles. The van der Waals surface area contributed by atoms with E-state index in [9.17, 15) is 9.90 Å². The fraction of sp³-hybridized carbons (Fsp3) is 0.632. The second kappa shape index (κ2) is 8.49. The van der Waals surface area contributed by atoms with Gasteiger partial charge in [0.2, 0.25) is 0 Å². The maximum Gasteiger partial charge on any atom is 0.317 e. The summed E-state index contributed by atoms with van der Waals surface area (Å²) >= 11 is 0. The number of carbonyl (C=O) groups excluding carboxylic acids is 1.